The molecule has 0 N–H and O–H groups in total. The largest absolute Gasteiger partial charge is 0.744 e. The van der Waals surface area contributed by atoms with Gasteiger partial charge < -0.3 is 18.8 Å². The van der Waals surface area contributed by atoms with Crippen LogP contribution in [0.2, 0.25) is 0 Å². The van der Waals surface area contributed by atoms with Crippen LogP contribution in [-0.4, -0.2) is 39.3 Å². The third kappa shape index (κ3) is 5.54. The minimum Gasteiger partial charge on any atom is -0.744 e. The summed E-state index contributed by atoms with van der Waals surface area (Å²) in [6.07, 6.45) is 0. The highest BCUT2D eigenvalue weighted by Crippen LogP contribution is 2.34. The predicted octanol–water partition coefficient (Wildman–Crippen LogP) is 4.80. The van der Waals surface area contributed by atoms with Gasteiger partial charge in [-0.2, -0.15) is 0 Å². The van der Waals surface area contributed by atoms with Gasteiger partial charge in [0, 0.05) is 14.3 Å². The van der Waals surface area contributed by atoms with Crippen molar-refractivity contribution in [1.82, 2.24) is 0 Å². The van der Waals surface area contributed by atoms with Gasteiger partial charge in [0.1, 0.15) is 34.8 Å². The van der Waals surface area contributed by atoms with Crippen molar-refractivity contribution in [2.45, 2.75) is 4.90 Å². The summed E-state index contributed by atoms with van der Waals surface area (Å²) in [5.41, 5.74) is 0.425. The molecule has 3 aromatic rings. The van der Waals surface area contributed by atoms with E-state index in [-0.39, 0.29) is 23.5 Å². The van der Waals surface area contributed by atoms with Gasteiger partial charge in [0.2, 0.25) is 0 Å². The van der Waals surface area contributed by atoms with Crippen LogP contribution in [0.15, 0.2) is 47.4 Å². The molecule has 7 nitrogen and oxygen atoms in total. The Hall–Kier alpha value is -0.910. The predicted molar refractivity (Wildman–Crippen MR) is 139 cm³/mol. The summed E-state index contributed by atoms with van der Waals surface area (Å²) in [4.78, 5) is 12.3. The summed E-state index contributed by atoms with van der Waals surface area (Å²) >= 11 is 6.28. The molecule has 0 saturated carbocycles. The number of esters is 1. The highest BCUT2D eigenvalue weighted by molar-refractivity contribution is 14.1. The number of methoxy groups -OCH3 is 1. The Kier molecular flexibility index (Phi) is 8.26. The van der Waals surface area contributed by atoms with Gasteiger partial charge in [0.05, 0.1) is 24.7 Å². The molecular formula is C20H14I3O7S-. The molecule has 3 aromatic carbocycles. The number of benzene rings is 3. The van der Waals surface area contributed by atoms with Crippen LogP contribution in [0, 0.1) is 10.7 Å². The molecule has 31 heavy (non-hydrogen) atoms. The summed E-state index contributed by atoms with van der Waals surface area (Å²) in [5, 5.41) is 0.763. The molecular weight excluding hydrogens is 765 g/mol. The first-order chi connectivity index (χ1) is 14.6. The average Bonchev–Trinajstić information content (AvgIpc) is 2.70. The molecule has 0 aliphatic carbocycles. The Balaban J connectivity index is 1.73. The molecule has 0 heterocycles. The molecule has 0 aliphatic rings. The fourth-order valence-electron chi connectivity index (χ4n) is 2.89. The fourth-order valence-corrected chi connectivity index (χ4v) is 7.83. The molecule has 0 radical (unpaired) electrons. The zero-order valence-corrected chi connectivity index (χ0v) is 23.1. The van der Waals surface area contributed by atoms with Crippen LogP contribution < -0.4 is 9.47 Å². The normalized spacial score (nSPS) is 11.4. The smallest absolute Gasteiger partial charge is 0.340 e. The maximum absolute atomic E-state index is 12.6. The number of carbonyl (C=O) groups excluding carboxylic acids is 1. The number of fused-ring (bicyclic) bond motifs is 1. The molecule has 0 spiro atoms. The summed E-state index contributed by atoms with van der Waals surface area (Å²) in [6.45, 7) is 0.0308. The van der Waals surface area contributed by atoms with Crippen molar-refractivity contribution in [2.75, 3.05) is 20.3 Å². The molecule has 0 aromatic heterocycles. The van der Waals surface area contributed by atoms with Crippen molar-refractivity contribution in [2.24, 2.45) is 0 Å². The van der Waals surface area contributed by atoms with E-state index in [0.717, 1.165) is 7.14 Å². The second-order valence-electron chi connectivity index (χ2n) is 6.11. The lowest BCUT2D eigenvalue weighted by atomic mass is 10.1. The van der Waals surface area contributed by atoms with Crippen molar-refractivity contribution in [3.63, 3.8) is 0 Å². The van der Waals surface area contributed by atoms with Crippen molar-refractivity contribution in [1.29, 1.82) is 0 Å². The maximum atomic E-state index is 12.6. The van der Waals surface area contributed by atoms with Crippen LogP contribution >= 0.6 is 67.8 Å². The maximum Gasteiger partial charge on any atom is 0.340 e. The molecule has 0 saturated heterocycles. The first-order valence-corrected chi connectivity index (χ1v) is 13.3. The topological polar surface area (TPSA) is 102 Å². The van der Waals surface area contributed by atoms with Gasteiger partial charge in [0.15, 0.2) is 0 Å². The highest BCUT2D eigenvalue weighted by atomic mass is 127. The Bertz CT molecular complexity index is 1260. The first kappa shape index (κ1) is 24.7. The summed E-state index contributed by atoms with van der Waals surface area (Å²) in [7, 11) is -3.07. The zero-order chi connectivity index (χ0) is 22.8. The number of carbonyl (C=O) groups is 1. The van der Waals surface area contributed by atoms with E-state index in [9.17, 15) is 17.8 Å². The lowest BCUT2D eigenvalue weighted by molar-refractivity contribution is 0.0448. The van der Waals surface area contributed by atoms with E-state index >= 15 is 0 Å². The Labute approximate surface area is 220 Å². The van der Waals surface area contributed by atoms with E-state index in [0.29, 0.717) is 26.0 Å². The van der Waals surface area contributed by atoms with Gasteiger partial charge >= 0.3 is 5.97 Å². The number of hydrogen-bond donors (Lipinski definition) is 0. The Morgan fingerprint density at radius 1 is 1.00 bits per heavy atom. The van der Waals surface area contributed by atoms with Crippen LogP contribution in [-0.2, 0) is 14.9 Å². The fraction of sp³-hybridized carbons (Fsp3) is 0.150. The number of rotatable bonds is 7. The van der Waals surface area contributed by atoms with E-state index in [1.54, 1.807) is 31.4 Å². The molecule has 164 valence electrons. The molecule has 0 atom stereocenters. The van der Waals surface area contributed by atoms with Gasteiger partial charge in [-0.25, -0.2) is 13.2 Å². The van der Waals surface area contributed by atoms with Crippen LogP contribution in [0.1, 0.15) is 10.4 Å². The highest BCUT2D eigenvalue weighted by Gasteiger charge is 2.21. The van der Waals surface area contributed by atoms with Crippen LogP contribution in [0.4, 0.5) is 0 Å². The molecule has 0 amide bonds. The lowest BCUT2D eigenvalue weighted by Gasteiger charge is -2.15. The molecule has 11 heteroatoms. The molecule has 0 aliphatic heterocycles. The first-order valence-electron chi connectivity index (χ1n) is 8.64. The van der Waals surface area contributed by atoms with E-state index in [4.69, 9.17) is 14.2 Å². The van der Waals surface area contributed by atoms with E-state index in [1.807, 2.05) is 6.07 Å². The van der Waals surface area contributed by atoms with E-state index in [2.05, 4.69) is 67.8 Å². The number of ether oxygens (including phenoxy) is 3. The van der Waals surface area contributed by atoms with E-state index in [1.165, 1.54) is 12.1 Å². The van der Waals surface area contributed by atoms with Crippen molar-refractivity contribution in [3.8, 4) is 11.5 Å². The monoisotopic (exact) mass is 779 g/mol. The summed E-state index contributed by atoms with van der Waals surface area (Å²) in [6, 6.07) is 11.0. The van der Waals surface area contributed by atoms with E-state index < -0.39 is 16.1 Å². The summed E-state index contributed by atoms with van der Waals surface area (Å²) < 4.78 is 53.2. The average molecular weight is 779 g/mol. The Morgan fingerprint density at radius 2 is 1.68 bits per heavy atom. The van der Waals surface area contributed by atoms with Crippen LogP contribution in [0.5, 0.6) is 11.5 Å². The van der Waals surface area contributed by atoms with Gasteiger partial charge in [-0.05, 0) is 86.0 Å². The molecule has 0 fully saturated rings. The summed E-state index contributed by atoms with van der Waals surface area (Å²) in [5.74, 6) is 0.508. The zero-order valence-electron chi connectivity index (χ0n) is 15.9. The third-order valence-electron chi connectivity index (χ3n) is 4.22. The van der Waals surface area contributed by atoms with Crippen molar-refractivity contribution >= 4 is 94.6 Å². The quantitative estimate of drug-likeness (QED) is 0.147. The second kappa shape index (κ2) is 10.4. The van der Waals surface area contributed by atoms with Gasteiger partial charge in [-0.3, -0.25) is 0 Å². The van der Waals surface area contributed by atoms with Crippen LogP contribution in [0.25, 0.3) is 10.8 Å². The van der Waals surface area contributed by atoms with Crippen molar-refractivity contribution in [3.05, 3.63) is 58.7 Å². The molecule has 0 unspecified atom stereocenters. The van der Waals surface area contributed by atoms with Gasteiger partial charge in [-0.15, -0.1) is 0 Å². The SMILES string of the molecule is COc1c(I)cc(I)c(C(=O)OCCOc2ccc(S(=O)(=O)[O-])c3ccccc23)c1I. The minimum absolute atomic E-state index is 0.0186. The number of halogens is 3. The lowest BCUT2D eigenvalue weighted by Crippen LogP contribution is -2.15. The second-order valence-corrected chi connectivity index (χ2v) is 10.9. The number of hydrogen-bond acceptors (Lipinski definition) is 7. The minimum atomic E-state index is -4.62. The van der Waals surface area contributed by atoms with Gasteiger partial charge in [-0.1, -0.05) is 24.3 Å². The van der Waals surface area contributed by atoms with Crippen molar-refractivity contribution < 1.29 is 32.0 Å². The third-order valence-corrected chi connectivity index (χ3v) is 7.80. The molecule has 0 bridgehead atoms. The van der Waals surface area contributed by atoms with Crippen LogP contribution in [0.3, 0.4) is 0 Å². The molecule has 3 rings (SSSR count). The standard InChI is InChI=1S/C20H15I3O7S/c1-28-19-14(22)10-13(21)17(18(19)23)20(24)30-9-8-29-15-6-7-16(31(25,26)27)12-5-3-2-4-11(12)15/h2-7,10H,8-9H2,1H3,(H,25,26,27)/p-1. The van der Waals surface area contributed by atoms with Gasteiger partial charge in [0.25, 0.3) is 0 Å². The Morgan fingerprint density at radius 3 is 2.32 bits per heavy atom.